The number of nitrogens with one attached hydrogen (secondary N) is 1. The highest BCUT2D eigenvalue weighted by atomic mass is 32.2. The minimum absolute atomic E-state index is 0.105. The molecule has 0 heterocycles. The monoisotopic (exact) mass is 371 g/mol. The van der Waals surface area contributed by atoms with E-state index in [1.807, 2.05) is 37.3 Å². The molecule has 8 heteroatoms. The SMILES string of the molecule is CCCC(C(=O)N[C@@H](CCS(=O)(=O)O)C(=O)OCC)c1ccccc1. The molecule has 0 aromatic heterocycles. The standard InChI is InChI=1S/C17H25NO6S/c1-3-8-14(13-9-6-5-7-10-13)16(19)18-15(17(20)24-4-2)11-12-25(21,22)23/h5-7,9-10,14-15H,3-4,8,11-12H2,1-2H3,(H,18,19)(H,21,22,23)/t14?,15-/m0/s1. The van der Waals surface area contributed by atoms with Gasteiger partial charge in [0.1, 0.15) is 6.04 Å². The van der Waals surface area contributed by atoms with E-state index in [4.69, 9.17) is 9.29 Å². The van der Waals surface area contributed by atoms with Crippen LogP contribution in [0, 0.1) is 0 Å². The van der Waals surface area contributed by atoms with Crippen LogP contribution in [0.4, 0.5) is 0 Å². The lowest BCUT2D eigenvalue weighted by molar-refractivity contribution is -0.147. The molecule has 2 atom stereocenters. The molecule has 1 aromatic rings. The fourth-order valence-electron chi connectivity index (χ4n) is 2.45. The molecule has 0 aliphatic heterocycles. The van der Waals surface area contributed by atoms with Crippen LogP contribution in [0.5, 0.6) is 0 Å². The summed E-state index contributed by atoms with van der Waals surface area (Å²) in [5, 5.41) is 2.57. The summed E-state index contributed by atoms with van der Waals surface area (Å²) < 4.78 is 35.7. The Morgan fingerprint density at radius 1 is 1.16 bits per heavy atom. The highest BCUT2D eigenvalue weighted by Crippen LogP contribution is 2.21. The van der Waals surface area contributed by atoms with Crippen molar-refractivity contribution in [1.82, 2.24) is 5.32 Å². The van der Waals surface area contributed by atoms with E-state index in [2.05, 4.69) is 5.32 Å². The summed E-state index contributed by atoms with van der Waals surface area (Å²) >= 11 is 0. The molecule has 0 saturated heterocycles. The molecule has 0 saturated carbocycles. The molecule has 1 amide bonds. The third-order valence-corrected chi connectivity index (χ3v) is 4.40. The van der Waals surface area contributed by atoms with Crippen LogP contribution in [0.2, 0.25) is 0 Å². The lowest BCUT2D eigenvalue weighted by atomic mass is 9.93. The number of carbonyl (C=O) groups excluding carboxylic acids is 2. The number of ether oxygens (including phenoxy) is 1. The van der Waals surface area contributed by atoms with Crippen LogP contribution in [0.3, 0.4) is 0 Å². The second-order valence-electron chi connectivity index (χ2n) is 5.64. The maximum atomic E-state index is 12.6. The first-order chi connectivity index (χ1) is 11.8. The van der Waals surface area contributed by atoms with Gasteiger partial charge in [0.25, 0.3) is 10.1 Å². The lowest BCUT2D eigenvalue weighted by Gasteiger charge is -2.21. The number of esters is 1. The minimum Gasteiger partial charge on any atom is -0.464 e. The number of carbonyl (C=O) groups is 2. The van der Waals surface area contributed by atoms with Crippen molar-refractivity contribution >= 4 is 22.0 Å². The van der Waals surface area contributed by atoms with Crippen molar-refractivity contribution in [2.45, 2.75) is 45.1 Å². The Morgan fingerprint density at radius 3 is 2.32 bits per heavy atom. The van der Waals surface area contributed by atoms with Crippen molar-refractivity contribution in [3.8, 4) is 0 Å². The highest BCUT2D eigenvalue weighted by Gasteiger charge is 2.28. The summed E-state index contributed by atoms with van der Waals surface area (Å²) in [7, 11) is -4.25. The van der Waals surface area contributed by atoms with E-state index in [1.54, 1.807) is 6.92 Å². The number of amides is 1. The normalized spacial score (nSPS) is 13.7. The van der Waals surface area contributed by atoms with Crippen LogP contribution in [-0.2, 0) is 24.4 Å². The summed E-state index contributed by atoms with van der Waals surface area (Å²) in [4.78, 5) is 24.6. The van der Waals surface area contributed by atoms with Gasteiger partial charge in [-0.3, -0.25) is 9.35 Å². The van der Waals surface area contributed by atoms with Crippen molar-refractivity contribution < 1.29 is 27.3 Å². The van der Waals surface area contributed by atoms with Crippen LogP contribution in [0.1, 0.15) is 44.6 Å². The van der Waals surface area contributed by atoms with E-state index in [1.165, 1.54) is 0 Å². The summed E-state index contributed by atoms with van der Waals surface area (Å²) in [6.45, 7) is 3.67. The quantitative estimate of drug-likeness (QED) is 0.480. The summed E-state index contributed by atoms with van der Waals surface area (Å²) in [6, 6.07) is 8.03. The van der Waals surface area contributed by atoms with Crippen LogP contribution < -0.4 is 5.32 Å². The van der Waals surface area contributed by atoms with Crippen LogP contribution >= 0.6 is 0 Å². The van der Waals surface area contributed by atoms with Gasteiger partial charge in [-0.15, -0.1) is 0 Å². The molecule has 1 unspecified atom stereocenters. The largest absolute Gasteiger partial charge is 0.464 e. The molecule has 0 aliphatic carbocycles. The number of hydrogen-bond donors (Lipinski definition) is 2. The van der Waals surface area contributed by atoms with E-state index >= 15 is 0 Å². The van der Waals surface area contributed by atoms with Gasteiger partial charge in [0.05, 0.1) is 18.3 Å². The lowest BCUT2D eigenvalue weighted by Crippen LogP contribution is -2.45. The van der Waals surface area contributed by atoms with E-state index in [-0.39, 0.29) is 18.9 Å². The zero-order chi connectivity index (χ0) is 18.9. The fraction of sp³-hybridized carbons (Fsp3) is 0.529. The second kappa shape index (κ2) is 10.1. The minimum atomic E-state index is -4.25. The third kappa shape index (κ3) is 7.66. The number of hydrogen-bond acceptors (Lipinski definition) is 5. The van der Waals surface area contributed by atoms with E-state index in [0.29, 0.717) is 6.42 Å². The Morgan fingerprint density at radius 2 is 1.80 bits per heavy atom. The van der Waals surface area contributed by atoms with Gasteiger partial charge in [-0.05, 0) is 25.3 Å². The van der Waals surface area contributed by atoms with E-state index in [9.17, 15) is 18.0 Å². The zero-order valence-electron chi connectivity index (χ0n) is 14.5. The van der Waals surface area contributed by atoms with Crippen molar-refractivity contribution in [1.29, 1.82) is 0 Å². The molecule has 25 heavy (non-hydrogen) atoms. The van der Waals surface area contributed by atoms with Crippen molar-refractivity contribution in [3.63, 3.8) is 0 Å². The summed E-state index contributed by atoms with van der Waals surface area (Å²) in [5.41, 5.74) is 0.819. The van der Waals surface area contributed by atoms with Gasteiger partial charge in [-0.25, -0.2) is 4.79 Å². The molecule has 0 spiro atoms. The first-order valence-electron chi connectivity index (χ1n) is 8.25. The van der Waals surface area contributed by atoms with Gasteiger partial charge >= 0.3 is 5.97 Å². The molecule has 1 aromatic carbocycles. The Kier molecular flexibility index (Phi) is 8.57. The first kappa shape index (κ1) is 21.1. The second-order valence-corrected chi connectivity index (χ2v) is 7.21. The molecule has 1 rings (SSSR count). The Hall–Kier alpha value is -1.93. The zero-order valence-corrected chi connectivity index (χ0v) is 15.3. The van der Waals surface area contributed by atoms with Gasteiger partial charge in [-0.1, -0.05) is 43.7 Å². The Labute approximate surface area is 148 Å². The third-order valence-electron chi connectivity index (χ3n) is 3.65. The summed E-state index contributed by atoms with van der Waals surface area (Å²) in [6.07, 6.45) is 1.10. The van der Waals surface area contributed by atoms with E-state index in [0.717, 1.165) is 12.0 Å². The van der Waals surface area contributed by atoms with Gasteiger partial charge in [-0.2, -0.15) is 8.42 Å². The first-order valence-corrected chi connectivity index (χ1v) is 9.86. The van der Waals surface area contributed by atoms with Crippen LogP contribution in [0.25, 0.3) is 0 Å². The van der Waals surface area contributed by atoms with Crippen molar-refractivity contribution in [3.05, 3.63) is 35.9 Å². The Balaban J connectivity index is 2.91. The molecule has 0 fully saturated rings. The predicted octanol–water partition coefficient (Wildman–Crippen LogP) is 1.90. The van der Waals surface area contributed by atoms with Crippen molar-refractivity contribution in [2.24, 2.45) is 0 Å². The average molecular weight is 371 g/mol. The molecule has 140 valence electrons. The number of rotatable bonds is 10. The molecule has 2 N–H and O–H groups in total. The van der Waals surface area contributed by atoms with Gasteiger partial charge < -0.3 is 10.1 Å². The van der Waals surface area contributed by atoms with Gasteiger partial charge in [0.2, 0.25) is 5.91 Å². The average Bonchev–Trinajstić information content (AvgIpc) is 2.56. The molecular weight excluding hydrogens is 346 g/mol. The molecule has 0 aliphatic rings. The number of benzene rings is 1. The highest BCUT2D eigenvalue weighted by molar-refractivity contribution is 7.85. The molecule has 7 nitrogen and oxygen atoms in total. The summed E-state index contributed by atoms with van der Waals surface area (Å²) in [5.74, 6) is -2.18. The fourth-order valence-corrected chi connectivity index (χ4v) is 2.99. The van der Waals surface area contributed by atoms with E-state index < -0.39 is 33.8 Å². The predicted molar refractivity (Wildman–Crippen MR) is 93.7 cm³/mol. The van der Waals surface area contributed by atoms with Crippen molar-refractivity contribution in [2.75, 3.05) is 12.4 Å². The Bertz CT molecular complexity index is 659. The maximum Gasteiger partial charge on any atom is 0.328 e. The molecular formula is C17H25NO6S. The molecule has 0 radical (unpaired) electrons. The van der Waals surface area contributed by atoms with Gasteiger partial charge in [0.15, 0.2) is 0 Å². The van der Waals surface area contributed by atoms with Gasteiger partial charge in [0, 0.05) is 0 Å². The van der Waals surface area contributed by atoms with Crippen LogP contribution in [0.15, 0.2) is 30.3 Å². The van der Waals surface area contributed by atoms with Crippen LogP contribution in [-0.4, -0.2) is 43.2 Å². The molecule has 0 bridgehead atoms. The topological polar surface area (TPSA) is 110 Å². The maximum absolute atomic E-state index is 12.6. The smallest absolute Gasteiger partial charge is 0.328 e.